The zero-order valence-corrected chi connectivity index (χ0v) is 26.3. The zero-order chi connectivity index (χ0) is 32.7. The maximum atomic E-state index is 13.5. The molecule has 2 aromatic heterocycles. The molecule has 0 saturated heterocycles. The minimum Gasteiger partial charge on any atom is -0.348 e. The molecule has 0 atom stereocenters. The van der Waals surface area contributed by atoms with Crippen LogP contribution in [0.4, 0.5) is 0 Å². The summed E-state index contributed by atoms with van der Waals surface area (Å²) in [5, 5.41) is 6.37. The summed E-state index contributed by atoms with van der Waals surface area (Å²) in [4.78, 5) is 45.9. The van der Waals surface area contributed by atoms with Gasteiger partial charge >= 0.3 is 0 Å². The van der Waals surface area contributed by atoms with Crippen LogP contribution in [0.2, 0.25) is 0 Å². The standard InChI is InChI=1S/C40H34N6O2/c47-39(35-25-33(27-13-5-1-6-14-27)43-37(45-35)29-17-9-3-10-18-29)41-31-21-23-32(24-22-31)42-40(48)36-26-34(28-15-7-2-8-16-28)44-38(46-36)30-19-11-4-12-20-30/h1-20,25-26,31-32H,21-24H2,(H,41,47)(H,42,48). The number of amides is 2. The van der Waals surface area contributed by atoms with Crippen LogP contribution in [0.25, 0.3) is 45.3 Å². The highest BCUT2D eigenvalue weighted by Crippen LogP contribution is 2.25. The third-order valence-electron chi connectivity index (χ3n) is 8.52. The summed E-state index contributed by atoms with van der Waals surface area (Å²) < 4.78 is 0. The van der Waals surface area contributed by atoms with Crippen LogP contribution in [0.5, 0.6) is 0 Å². The molecule has 1 aliphatic rings. The van der Waals surface area contributed by atoms with Crippen LogP contribution in [-0.2, 0) is 0 Å². The number of nitrogens with one attached hydrogen (secondary N) is 2. The number of hydrogen-bond donors (Lipinski definition) is 2. The molecule has 2 amide bonds. The fourth-order valence-corrected chi connectivity index (χ4v) is 5.97. The smallest absolute Gasteiger partial charge is 0.270 e. The highest BCUT2D eigenvalue weighted by Gasteiger charge is 2.26. The quantitative estimate of drug-likeness (QED) is 0.181. The summed E-state index contributed by atoms with van der Waals surface area (Å²) in [5.74, 6) is 0.539. The lowest BCUT2D eigenvalue weighted by Crippen LogP contribution is -2.44. The van der Waals surface area contributed by atoms with Gasteiger partial charge in [0, 0.05) is 34.3 Å². The van der Waals surface area contributed by atoms with Gasteiger partial charge in [-0.15, -0.1) is 0 Å². The summed E-state index contributed by atoms with van der Waals surface area (Å²) in [6.07, 6.45) is 2.92. The monoisotopic (exact) mass is 630 g/mol. The Balaban J connectivity index is 1.03. The normalized spacial score (nSPS) is 15.8. The van der Waals surface area contributed by atoms with Gasteiger partial charge in [-0.25, -0.2) is 19.9 Å². The van der Waals surface area contributed by atoms with Gasteiger partial charge in [-0.3, -0.25) is 9.59 Å². The Kier molecular flexibility index (Phi) is 9.04. The lowest BCUT2D eigenvalue weighted by Gasteiger charge is -2.29. The van der Waals surface area contributed by atoms with Crippen LogP contribution in [0.1, 0.15) is 46.7 Å². The first-order valence-corrected chi connectivity index (χ1v) is 16.2. The zero-order valence-electron chi connectivity index (χ0n) is 26.3. The van der Waals surface area contributed by atoms with Gasteiger partial charge in [-0.1, -0.05) is 121 Å². The van der Waals surface area contributed by atoms with Crippen LogP contribution in [0.15, 0.2) is 133 Å². The molecule has 0 unspecified atom stereocenters. The molecule has 0 aliphatic heterocycles. The largest absolute Gasteiger partial charge is 0.348 e. The molecule has 0 radical (unpaired) electrons. The molecule has 0 spiro atoms. The molecule has 1 saturated carbocycles. The minimum atomic E-state index is -0.234. The molecule has 2 N–H and O–H groups in total. The van der Waals surface area contributed by atoms with Crippen LogP contribution in [0.3, 0.4) is 0 Å². The van der Waals surface area contributed by atoms with E-state index >= 15 is 0 Å². The second-order valence-electron chi connectivity index (χ2n) is 11.9. The Morgan fingerprint density at radius 2 is 0.750 bits per heavy atom. The number of nitrogens with zero attached hydrogens (tertiary/aromatic N) is 4. The highest BCUT2D eigenvalue weighted by molar-refractivity contribution is 5.95. The topological polar surface area (TPSA) is 110 Å². The van der Waals surface area contributed by atoms with E-state index in [2.05, 4.69) is 20.6 Å². The van der Waals surface area contributed by atoms with Crippen LogP contribution >= 0.6 is 0 Å². The van der Waals surface area contributed by atoms with E-state index in [-0.39, 0.29) is 23.9 Å². The van der Waals surface area contributed by atoms with Crippen molar-refractivity contribution < 1.29 is 9.59 Å². The molecule has 1 fully saturated rings. The second kappa shape index (κ2) is 14.2. The Labute approximate surface area is 279 Å². The van der Waals surface area contributed by atoms with E-state index in [1.54, 1.807) is 12.1 Å². The van der Waals surface area contributed by atoms with Crippen molar-refractivity contribution in [1.82, 2.24) is 30.6 Å². The lowest BCUT2D eigenvalue weighted by molar-refractivity contribution is 0.0887. The van der Waals surface area contributed by atoms with E-state index in [1.165, 1.54) is 0 Å². The molecule has 8 nitrogen and oxygen atoms in total. The third-order valence-corrected chi connectivity index (χ3v) is 8.52. The predicted molar refractivity (Wildman–Crippen MR) is 187 cm³/mol. The molecule has 8 heteroatoms. The highest BCUT2D eigenvalue weighted by atomic mass is 16.2. The third kappa shape index (κ3) is 7.18. The number of carbonyl (C=O) groups excluding carboxylic acids is 2. The first-order valence-electron chi connectivity index (χ1n) is 16.2. The van der Waals surface area contributed by atoms with Gasteiger partial charge in [0.25, 0.3) is 11.8 Å². The fourth-order valence-electron chi connectivity index (χ4n) is 5.97. The second-order valence-corrected chi connectivity index (χ2v) is 11.9. The molecular weight excluding hydrogens is 596 g/mol. The van der Waals surface area contributed by atoms with Crippen molar-refractivity contribution in [3.8, 4) is 45.3 Å². The van der Waals surface area contributed by atoms with Crippen LogP contribution in [-0.4, -0.2) is 43.8 Å². The van der Waals surface area contributed by atoms with E-state index < -0.39 is 0 Å². The van der Waals surface area contributed by atoms with Crippen molar-refractivity contribution in [2.24, 2.45) is 0 Å². The van der Waals surface area contributed by atoms with Gasteiger partial charge in [0.2, 0.25) is 0 Å². The average molecular weight is 631 g/mol. The summed E-state index contributed by atoms with van der Waals surface area (Å²) in [5.41, 5.74) is 5.55. The summed E-state index contributed by atoms with van der Waals surface area (Å²) in [6.45, 7) is 0. The number of benzene rings is 4. The average Bonchev–Trinajstić information content (AvgIpc) is 3.16. The van der Waals surface area contributed by atoms with E-state index in [0.717, 1.165) is 47.9 Å². The van der Waals surface area contributed by atoms with Crippen molar-refractivity contribution >= 4 is 11.8 Å². The minimum absolute atomic E-state index is 0.0330. The summed E-state index contributed by atoms with van der Waals surface area (Å²) >= 11 is 0. The van der Waals surface area contributed by atoms with Crippen molar-refractivity contribution in [2.75, 3.05) is 0 Å². The summed E-state index contributed by atoms with van der Waals surface area (Å²) in [6, 6.07) is 42.4. The van der Waals surface area contributed by atoms with E-state index in [0.29, 0.717) is 34.4 Å². The fraction of sp³-hybridized carbons (Fsp3) is 0.150. The Hall–Kier alpha value is -6.02. The maximum absolute atomic E-state index is 13.5. The van der Waals surface area contributed by atoms with Crippen molar-refractivity contribution in [2.45, 2.75) is 37.8 Å². The van der Waals surface area contributed by atoms with Gasteiger partial charge in [0.15, 0.2) is 11.6 Å². The summed E-state index contributed by atoms with van der Waals surface area (Å²) in [7, 11) is 0. The van der Waals surface area contributed by atoms with E-state index in [9.17, 15) is 9.59 Å². The van der Waals surface area contributed by atoms with Crippen molar-refractivity contribution in [1.29, 1.82) is 0 Å². The number of rotatable bonds is 8. The first kappa shape index (κ1) is 30.6. The molecule has 1 aliphatic carbocycles. The van der Waals surface area contributed by atoms with Crippen LogP contribution < -0.4 is 10.6 Å². The molecule has 6 aromatic rings. The Bertz CT molecular complexity index is 1750. The van der Waals surface area contributed by atoms with Gasteiger partial charge < -0.3 is 10.6 Å². The number of hydrogen-bond acceptors (Lipinski definition) is 6. The Morgan fingerprint density at radius 3 is 1.08 bits per heavy atom. The van der Waals surface area contributed by atoms with Crippen molar-refractivity contribution in [3.63, 3.8) is 0 Å². The van der Waals surface area contributed by atoms with Gasteiger partial charge in [0.05, 0.1) is 11.4 Å². The number of aromatic nitrogens is 4. The molecule has 7 rings (SSSR count). The lowest BCUT2D eigenvalue weighted by atomic mass is 9.91. The van der Waals surface area contributed by atoms with Gasteiger partial charge in [0.1, 0.15) is 11.4 Å². The molecule has 2 heterocycles. The van der Waals surface area contributed by atoms with E-state index in [1.807, 2.05) is 121 Å². The SMILES string of the molecule is O=C(NC1CCC(NC(=O)c2cc(-c3ccccc3)nc(-c3ccccc3)n2)CC1)c1cc(-c2ccccc2)nc(-c2ccccc2)n1. The van der Waals surface area contributed by atoms with Gasteiger partial charge in [-0.2, -0.15) is 0 Å². The van der Waals surface area contributed by atoms with Crippen LogP contribution in [0, 0.1) is 0 Å². The molecule has 0 bridgehead atoms. The molecule has 48 heavy (non-hydrogen) atoms. The first-order chi connectivity index (χ1) is 23.6. The van der Waals surface area contributed by atoms with Crippen molar-refractivity contribution in [3.05, 3.63) is 145 Å². The maximum Gasteiger partial charge on any atom is 0.270 e. The number of carbonyl (C=O) groups is 2. The molecule has 236 valence electrons. The molecule has 4 aromatic carbocycles. The predicted octanol–water partition coefficient (Wildman–Crippen LogP) is 7.41. The molecular formula is C40H34N6O2. The van der Waals surface area contributed by atoms with Gasteiger partial charge in [-0.05, 0) is 37.8 Å². The Morgan fingerprint density at radius 1 is 0.438 bits per heavy atom. The van der Waals surface area contributed by atoms with E-state index in [4.69, 9.17) is 9.97 Å².